The molecule has 0 bridgehead atoms. The summed E-state index contributed by atoms with van der Waals surface area (Å²) in [5, 5.41) is 3.43. The van der Waals surface area contributed by atoms with Gasteiger partial charge >= 0.3 is 0 Å². The fourth-order valence-electron chi connectivity index (χ4n) is 2.53. The molecule has 2 heteroatoms. The summed E-state index contributed by atoms with van der Waals surface area (Å²) in [7, 11) is 2.04. The number of benzene rings is 1. The predicted octanol–water partition coefficient (Wildman–Crippen LogP) is 2.92. The number of aryl methyl sites for hydroxylation is 2. The van der Waals surface area contributed by atoms with Gasteiger partial charge in [0.15, 0.2) is 0 Å². The maximum Gasteiger partial charge on any atom is 0.0323 e. The first kappa shape index (κ1) is 14.2. The van der Waals surface area contributed by atoms with Crippen molar-refractivity contribution in [2.45, 2.75) is 46.6 Å². The molecule has 2 nitrogen and oxygen atoms in total. The molecule has 0 amide bonds. The molecule has 0 fully saturated rings. The van der Waals surface area contributed by atoms with E-state index in [1.54, 1.807) is 0 Å². The van der Waals surface area contributed by atoms with E-state index in [0.717, 1.165) is 19.4 Å². The van der Waals surface area contributed by atoms with Crippen LogP contribution in [0.5, 0.6) is 0 Å². The van der Waals surface area contributed by atoms with Gasteiger partial charge in [0.05, 0.1) is 0 Å². The third-order valence-corrected chi connectivity index (χ3v) is 3.82. The van der Waals surface area contributed by atoms with E-state index in [1.807, 2.05) is 7.05 Å². The van der Waals surface area contributed by atoms with E-state index in [0.29, 0.717) is 6.04 Å². The van der Waals surface area contributed by atoms with Gasteiger partial charge in [0.25, 0.3) is 0 Å². The highest BCUT2D eigenvalue weighted by Crippen LogP contribution is 2.29. The third kappa shape index (κ3) is 3.08. The molecule has 0 aliphatic heterocycles. The summed E-state index contributed by atoms with van der Waals surface area (Å²) in [5.41, 5.74) is 12.7. The average molecular weight is 234 g/mol. The lowest BCUT2D eigenvalue weighted by Crippen LogP contribution is -2.20. The molecule has 0 radical (unpaired) electrons. The Labute approximate surface area is 106 Å². The van der Waals surface area contributed by atoms with Crippen LogP contribution in [0.15, 0.2) is 6.07 Å². The Balaban J connectivity index is 3.17. The first-order chi connectivity index (χ1) is 8.02. The third-order valence-electron chi connectivity index (χ3n) is 3.82. The van der Waals surface area contributed by atoms with Crippen molar-refractivity contribution < 1.29 is 0 Å². The zero-order chi connectivity index (χ0) is 13.0. The molecule has 0 heterocycles. The van der Waals surface area contributed by atoms with Crippen molar-refractivity contribution in [3.63, 3.8) is 0 Å². The fourth-order valence-corrected chi connectivity index (χ4v) is 2.53. The molecule has 1 atom stereocenters. The fraction of sp³-hybridized carbons (Fsp3) is 0.600. The zero-order valence-electron chi connectivity index (χ0n) is 11.9. The van der Waals surface area contributed by atoms with Gasteiger partial charge in [-0.15, -0.1) is 0 Å². The second kappa shape index (κ2) is 6.18. The van der Waals surface area contributed by atoms with Crippen LogP contribution in [0.1, 0.15) is 46.7 Å². The Bertz CT molecular complexity index is 357. The molecule has 0 aliphatic rings. The minimum absolute atomic E-state index is 0.428. The highest BCUT2D eigenvalue weighted by Gasteiger charge is 2.16. The predicted molar refractivity (Wildman–Crippen MR) is 75.5 cm³/mol. The summed E-state index contributed by atoms with van der Waals surface area (Å²) in [6.45, 7) is 9.61. The quantitative estimate of drug-likeness (QED) is 0.822. The monoisotopic (exact) mass is 234 g/mol. The molecule has 96 valence electrons. The second-order valence-corrected chi connectivity index (χ2v) is 4.95. The number of nitrogens with two attached hydrogens (primary N) is 1. The van der Waals surface area contributed by atoms with Crippen molar-refractivity contribution in [3.05, 3.63) is 33.9 Å². The molecule has 0 aliphatic carbocycles. The highest BCUT2D eigenvalue weighted by atomic mass is 14.9. The lowest BCUT2D eigenvalue weighted by Gasteiger charge is -2.23. The highest BCUT2D eigenvalue weighted by molar-refractivity contribution is 5.45. The molecule has 1 aromatic rings. The van der Waals surface area contributed by atoms with E-state index in [2.05, 4.69) is 39.1 Å². The number of hydrogen-bond donors (Lipinski definition) is 2. The molecular weight excluding hydrogens is 208 g/mol. The maximum absolute atomic E-state index is 5.62. The van der Waals surface area contributed by atoms with E-state index in [4.69, 9.17) is 5.73 Å². The Morgan fingerprint density at radius 3 is 2.06 bits per heavy atom. The summed E-state index contributed by atoms with van der Waals surface area (Å²) in [4.78, 5) is 0. The van der Waals surface area contributed by atoms with Gasteiger partial charge in [0, 0.05) is 6.04 Å². The van der Waals surface area contributed by atoms with E-state index < -0.39 is 0 Å². The summed E-state index contributed by atoms with van der Waals surface area (Å²) in [6.07, 6.45) is 2.18. The summed E-state index contributed by atoms with van der Waals surface area (Å²) in [5.74, 6) is 0. The zero-order valence-corrected chi connectivity index (χ0v) is 11.9. The second-order valence-electron chi connectivity index (χ2n) is 4.95. The smallest absolute Gasteiger partial charge is 0.0323 e. The average Bonchev–Trinajstić information content (AvgIpc) is 2.31. The minimum Gasteiger partial charge on any atom is -0.330 e. The summed E-state index contributed by atoms with van der Waals surface area (Å²) < 4.78 is 0. The van der Waals surface area contributed by atoms with Crippen LogP contribution in [-0.2, 0) is 0 Å². The standard InChI is InChI=1S/C15H26N2/c1-10-9-11(2)13(4)15(12(10)3)14(17-5)7-6-8-16/h9,14,17H,6-8,16H2,1-5H3. The number of rotatable bonds is 5. The van der Waals surface area contributed by atoms with Crippen molar-refractivity contribution in [1.82, 2.24) is 5.32 Å². The first-order valence-corrected chi connectivity index (χ1v) is 6.47. The van der Waals surface area contributed by atoms with Gasteiger partial charge < -0.3 is 11.1 Å². The van der Waals surface area contributed by atoms with Crippen LogP contribution in [0.4, 0.5) is 0 Å². The van der Waals surface area contributed by atoms with Crippen LogP contribution in [0, 0.1) is 27.7 Å². The first-order valence-electron chi connectivity index (χ1n) is 6.47. The van der Waals surface area contributed by atoms with Gasteiger partial charge in [-0.05, 0) is 81.9 Å². The van der Waals surface area contributed by atoms with Crippen molar-refractivity contribution in [2.75, 3.05) is 13.6 Å². The lowest BCUT2D eigenvalue weighted by molar-refractivity contribution is 0.526. The van der Waals surface area contributed by atoms with Crippen LogP contribution in [0.25, 0.3) is 0 Å². The van der Waals surface area contributed by atoms with Gasteiger partial charge in [0.2, 0.25) is 0 Å². The van der Waals surface area contributed by atoms with E-state index in [9.17, 15) is 0 Å². The van der Waals surface area contributed by atoms with Gasteiger partial charge in [-0.1, -0.05) is 6.07 Å². The van der Waals surface area contributed by atoms with Gasteiger partial charge in [-0.3, -0.25) is 0 Å². The summed E-state index contributed by atoms with van der Waals surface area (Å²) in [6, 6.07) is 2.71. The van der Waals surface area contributed by atoms with Crippen LogP contribution in [-0.4, -0.2) is 13.6 Å². The summed E-state index contributed by atoms with van der Waals surface area (Å²) >= 11 is 0. The van der Waals surface area contributed by atoms with Crippen LogP contribution in [0.2, 0.25) is 0 Å². The molecule has 0 aromatic heterocycles. The molecule has 0 saturated heterocycles. The van der Waals surface area contributed by atoms with E-state index in [-0.39, 0.29) is 0 Å². The number of nitrogens with one attached hydrogen (secondary N) is 1. The topological polar surface area (TPSA) is 38.0 Å². The Morgan fingerprint density at radius 1 is 1.12 bits per heavy atom. The van der Waals surface area contributed by atoms with Crippen molar-refractivity contribution >= 4 is 0 Å². The van der Waals surface area contributed by atoms with Crippen molar-refractivity contribution in [3.8, 4) is 0 Å². The molecular formula is C15H26N2. The largest absolute Gasteiger partial charge is 0.330 e. The molecule has 1 rings (SSSR count). The molecule has 0 spiro atoms. The minimum atomic E-state index is 0.428. The normalized spacial score (nSPS) is 12.8. The van der Waals surface area contributed by atoms with Crippen molar-refractivity contribution in [2.24, 2.45) is 5.73 Å². The maximum atomic E-state index is 5.62. The van der Waals surface area contributed by atoms with E-state index in [1.165, 1.54) is 27.8 Å². The SMILES string of the molecule is CNC(CCCN)c1c(C)c(C)cc(C)c1C. The molecule has 3 N–H and O–H groups in total. The van der Waals surface area contributed by atoms with Crippen molar-refractivity contribution in [1.29, 1.82) is 0 Å². The van der Waals surface area contributed by atoms with E-state index >= 15 is 0 Å². The van der Waals surface area contributed by atoms with Gasteiger partial charge in [0.1, 0.15) is 0 Å². The Kier molecular flexibility index (Phi) is 5.16. The van der Waals surface area contributed by atoms with Crippen LogP contribution in [0.3, 0.4) is 0 Å². The molecule has 1 aromatic carbocycles. The number of hydrogen-bond acceptors (Lipinski definition) is 2. The van der Waals surface area contributed by atoms with Gasteiger partial charge in [-0.2, -0.15) is 0 Å². The lowest BCUT2D eigenvalue weighted by atomic mass is 9.88. The van der Waals surface area contributed by atoms with Gasteiger partial charge in [-0.25, -0.2) is 0 Å². The molecule has 17 heavy (non-hydrogen) atoms. The van der Waals surface area contributed by atoms with Crippen LogP contribution < -0.4 is 11.1 Å². The molecule has 1 unspecified atom stereocenters. The Hall–Kier alpha value is -0.860. The Morgan fingerprint density at radius 2 is 1.65 bits per heavy atom. The molecule has 0 saturated carbocycles. The van der Waals surface area contributed by atoms with Crippen LogP contribution >= 0.6 is 0 Å².